The molecule has 0 aliphatic carbocycles. The van der Waals surface area contributed by atoms with Gasteiger partial charge in [-0.2, -0.15) is 0 Å². The van der Waals surface area contributed by atoms with Gasteiger partial charge >= 0.3 is 0 Å². The number of anilines is 1. The number of methoxy groups -OCH3 is 1. The van der Waals surface area contributed by atoms with Gasteiger partial charge in [0.05, 0.1) is 18.2 Å². The lowest BCUT2D eigenvalue weighted by Crippen LogP contribution is -2.30. The molecule has 0 fully saturated rings. The summed E-state index contributed by atoms with van der Waals surface area (Å²) in [5.41, 5.74) is 0.586. The molecule has 0 saturated heterocycles. The lowest BCUT2D eigenvalue weighted by molar-refractivity contribution is 0.0827. The molecule has 0 saturated carbocycles. The van der Waals surface area contributed by atoms with Crippen molar-refractivity contribution in [3.8, 4) is 0 Å². The average Bonchev–Trinajstić information content (AvgIpc) is 2.38. The number of rotatable bonds is 6. The van der Waals surface area contributed by atoms with Gasteiger partial charge in [-0.1, -0.05) is 13.8 Å². The predicted molar refractivity (Wildman–Crippen MR) is 76.4 cm³/mol. The number of nitrogens with one attached hydrogen (secondary N) is 1. The number of pyridine rings is 1. The first kappa shape index (κ1) is 15.4. The quantitative estimate of drug-likeness (QED) is 0.853. The Morgan fingerprint density at radius 3 is 2.53 bits per heavy atom. The number of carbonyl (C=O) groups is 1. The summed E-state index contributed by atoms with van der Waals surface area (Å²) in [7, 11) is 5.13. The first-order valence-corrected chi connectivity index (χ1v) is 6.39. The number of amides is 1. The van der Waals surface area contributed by atoms with E-state index in [2.05, 4.69) is 24.1 Å². The van der Waals surface area contributed by atoms with Gasteiger partial charge in [-0.25, -0.2) is 4.98 Å². The molecule has 1 heterocycles. The van der Waals surface area contributed by atoms with Crippen LogP contribution in [0.15, 0.2) is 18.3 Å². The first-order chi connectivity index (χ1) is 8.95. The summed E-state index contributed by atoms with van der Waals surface area (Å²) in [6.45, 7) is 4.87. The van der Waals surface area contributed by atoms with Gasteiger partial charge in [0.15, 0.2) is 0 Å². The van der Waals surface area contributed by atoms with Crippen molar-refractivity contribution >= 4 is 11.7 Å². The van der Waals surface area contributed by atoms with Crippen LogP contribution in [0.3, 0.4) is 0 Å². The van der Waals surface area contributed by atoms with Crippen LogP contribution >= 0.6 is 0 Å². The van der Waals surface area contributed by atoms with Crippen molar-refractivity contribution in [3.05, 3.63) is 23.9 Å². The van der Waals surface area contributed by atoms with Gasteiger partial charge in [0.1, 0.15) is 5.82 Å². The Morgan fingerprint density at radius 2 is 2.11 bits per heavy atom. The van der Waals surface area contributed by atoms with Gasteiger partial charge in [-0.15, -0.1) is 0 Å². The molecule has 0 spiro atoms. The number of carbonyl (C=O) groups excluding carboxylic acids is 1. The molecular weight excluding hydrogens is 242 g/mol. The minimum absolute atomic E-state index is 0.0450. The topological polar surface area (TPSA) is 54.5 Å². The fraction of sp³-hybridized carbons (Fsp3) is 0.571. The van der Waals surface area contributed by atoms with Gasteiger partial charge in [0.25, 0.3) is 5.91 Å². The zero-order valence-corrected chi connectivity index (χ0v) is 12.3. The minimum Gasteiger partial charge on any atom is -0.383 e. The standard InChI is InChI=1S/C14H23N3O2/c1-10(2)12(9-19-5)16-13-7-6-11(8-15-13)14(18)17(3)4/h6-8,10,12H,9H2,1-5H3,(H,15,16). The molecule has 0 bridgehead atoms. The van der Waals surface area contributed by atoms with Crippen molar-refractivity contribution in [1.29, 1.82) is 0 Å². The Hall–Kier alpha value is -1.62. The molecule has 1 aromatic rings. The van der Waals surface area contributed by atoms with Gasteiger partial charge in [0.2, 0.25) is 0 Å². The van der Waals surface area contributed by atoms with Gasteiger partial charge in [-0.3, -0.25) is 4.79 Å². The van der Waals surface area contributed by atoms with Crippen LogP contribution in [-0.2, 0) is 4.74 Å². The highest BCUT2D eigenvalue weighted by Crippen LogP contribution is 2.12. The van der Waals surface area contributed by atoms with Crippen molar-refractivity contribution in [1.82, 2.24) is 9.88 Å². The monoisotopic (exact) mass is 265 g/mol. The van der Waals surface area contributed by atoms with Crippen LogP contribution in [-0.4, -0.2) is 49.6 Å². The second kappa shape index (κ2) is 7.09. The molecule has 0 aliphatic rings. The highest BCUT2D eigenvalue weighted by Gasteiger charge is 2.14. The number of ether oxygens (including phenoxy) is 1. The fourth-order valence-electron chi connectivity index (χ4n) is 1.63. The zero-order valence-electron chi connectivity index (χ0n) is 12.3. The van der Waals surface area contributed by atoms with E-state index in [0.29, 0.717) is 18.1 Å². The highest BCUT2D eigenvalue weighted by atomic mass is 16.5. The van der Waals surface area contributed by atoms with E-state index in [1.807, 2.05) is 6.07 Å². The number of nitrogens with zero attached hydrogens (tertiary/aromatic N) is 2. The summed E-state index contributed by atoms with van der Waals surface area (Å²) in [5.74, 6) is 1.15. The van der Waals surface area contributed by atoms with Crippen LogP contribution in [0.1, 0.15) is 24.2 Å². The van der Waals surface area contributed by atoms with Crippen molar-refractivity contribution < 1.29 is 9.53 Å². The van der Waals surface area contributed by atoms with Crippen LogP contribution in [0.5, 0.6) is 0 Å². The number of hydrogen-bond donors (Lipinski definition) is 1. The second-order valence-electron chi connectivity index (χ2n) is 5.08. The Kier molecular flexibility index (Phi) is 5.76. The van der Waals surface area contributed by atoms with Gasteiger partial charge in [0, 0.05) is 27.4 Å². The number of aromatic nitrogens is 1. The van der Waals surface area contributed by atoms with E-state index in [1.165, 1.54) is 4.90 Å². The molecule has 1 amide bonds. The van der Waals surface area contributed by atoms with E-state index in [-0.39, 0.29) is 11.9 Å². The maximum absolute atomic E-state index is 11.7. The molecule has 1 atom stereocenters. The Balaban J connectivity index is 2.73. The van der Waals surface area contributed by atoms with Crippen LogP contribution in [0.25, 0.3) is 0 Å². The lowest BCUT2D eigenvalue weighted by atomic mass is 10.1. The van der Waals surface area contributed by atoms with E-state index in [0.717, 1.165) is 5.82 Å². The Labute approximate surface area is 115 Å². The smallest absolute Gasteiger partial charge is 0.254 e. The Morgan fingerprint density at radius 1 is 1.42 bits per heavy atom. The molecule has 1 aromatic heterocycles. The van der Waals surface area contributed by atoms with E-state index < -0.39 is 0 Å². The highest BCUT2D eigenvalue weighted by molar-refractivity contribution is 5.93. The van der Waals surface area contributed by atoms with Crippen molar-refractivity contribution in [2.45, 2.75) is 19.9 Å². The van der Waals surface area contributed by atoms with Crippen LogP contribution in [0.2, 0.25) is 0 Å². The molecule has 1 N–H and O–H groups in total. The summed E-state index contributed by atoms with van der Waals surface area (Å²) >= 11 is 0. The third-order valence-electron chi connectivity index (χ3n) is 2.90. The molecule has 0 aromatic carbocycles. The lowest BCUT2D eigenvalue weighted by Gasteiger charge is -2.22. The predicted octanol–water partition coefficient (Wildman–Crippen LogP) is 1.87. The van der Waals surface area contributed by atoms with E-state index >= 15 is 0 Å². The van der Waals surface area contributed by atoms with Crippen molar-refractivity contribution in [2.75, 3.05) is 33.1 Å². The SMILES string of the molecule is COCC(Nc1ccc(C(=O)N(C)C)cn1)C(C)C. The molecule has 1 rings (SSSR count). The van der Waals surface area contributed by atoms with E-state index in [4.69, 9.17) is 4.74 Å². The number of hydrogen-bond acceptors (Lipinski definition) is 4. The van der Waals surface area contributed by atoms with Crippen molar-refractivity contribution in [3.63, 3.8) is 0 Å². The van der Waals surface area contributed by atoms with Crippen LogP contribution < -0.4 is 5.32 Å². The maximum atomic E-state index is 11.7. The normalized spacial score (nSPS) is 12.3. The summed E-state index contributed by atoms with van der Waals surface area (Å²) in [5, 5.41) is 3.31. The summed E-state index contributed by atoms with van der Waals surface area (Å²) in [6, 6.07) is 3.80. The molecule has 106 valence electrons. The van der Waals surface area contributed by atoms with E-state index in [1.54, 1.807) is 33.5 Å². The summed E-state index contributed by atoms with van der Waals surface area (Å²) < 4.78 is 5.18. The molecule has 5 nitrogen and oxygen atoms in total. The average molecular weight is 265 g/mol. The first-order valence-electron chi connectivity index (χ1n) is 6.39. The summed E-state index contributed by atoms with van der Waals surface area (Å²) in [6.07, 6.45) is 1.59. The largest absolute Gasteiger partial charge is 0.383 e. The third-order valence-corrected chi connectivity index (χ3v) is 2.90. The molecule has 5 heteroatoms. The molecule has 19 heavy (non-hydrogen) atoms. The van der Waals surface area contributed by atoms with Crippen LogP contribution in [0.4, 0.5) is 5.82 Å². The zero-order chi connectivity index (χ0) is 14.4. The van der Waals surface area contributed by atoms with Crippen molar-refractivity contribution in [2.24, 2.45) is 5.92 Å². The molecule has 0 aliphatic heterocycles. The maximum Gasteiger partial charge on any atom is 0.254 e. The molecule has 1 unspecified atom stereocenters. The fourth-order valence-corrected chi connectivity index (χ4v) is 1.63. The summed E-state index contributed by atoms with van der Waals surface area (Å²) in [4.78, 5) is 17.5. The van der Waals surface area contributed by atoms with Crippen LogP contribution in [0, 0.1) is 5.92 Å². The van der Waals surface area contributed by atoms with Gasteiger partial charge < -0.3 is 15.0 Å². The molecular formula is C14H23N3O2. The Bertz CT molecular complexity index is 402. The van der Waals surface area contributed by atoms with E-state index in [9.17, 15) is 4.79 Å². The third kappa shape index (κ3) is 4.52. The molecule has 0 radical (unpaired) electrons. The second-order valence-corrected chi connectivity index (χ2v) is 5.08. The van der Waals surface area contributed by atoms with Gasteiger partial charge in [-0.05, 0) is 18.1 Å². The minimum atomic E-state index is -0.0450.